The van der Waals surface area contributed by atoms with Crippen molar-refractivity contribution >= 4 is 23.4 Å². The van der Waals surface area contributed by atoms with E-state index in [-0.39, 0.29) is 17.9 Å². The van der Waals surface area contributed by atoms with E-state index in [2.05, 4.69) is 15.2 Å². The van der Waals surface area contributed by atoms with E-state index in [9.17, 15) is 9.59 Å². The molecular weight excluding hydrogens is 346 g/mol. The molecule has 1 N–H and O–H groups in total. The Balaban J connectivity index is 1.53. The second-order valence-electron chi connectivity index (χ2n) is 7.25. The Kier molecular flexibility index (Phi) is 6.49. The molecule has 8 heteroatoms. The van der Waals surface area contributed by atoms with E-state index in [0.717, 1.165) is 38.4 Å². The topological polar surface area (TPSA) is 78.0 Å². The number of nitrogens with one attached hydrogen (secondary N) is 1. The number of morpholine rings is 1. The maximum atomic E-state index is 12.6. The van der Waals surface area contributed by atoms with Gasteiger partial charge in [-0.05, 0) is 18.6 Å². The van der Waals surface area contributed by atoms with Crippen LogP contribution in [0.15, 0.2) is 18.3 Å². The first-order valence-electron chi connectivity index (χ1n) is 9.68. The molecule has 0 unspecified atom stereocenters. The van der Waals surface area contributed by atoms with Gasteiger partial charge in [0, 0.05) is 45.2 Å². The Morgan fingerprint density at radius 3 is 2.41 bits per heavy atom. The summed E-state index contributed by atoms with van der Waals surface area (Å²) in [7, 11) is 0. The zero-order valence-electron chi connectivity index (χ0n) is 16.2. The summed E-state index contributed by atoms with van der Waals surface area (Å²) in [4.78, 5) is 34.9. The van der Waals surface area contributed by atoms with E-state index in [1.807, 2.05) is 30.9 Å². The van der Waals surface area contributed by atoms with Gasteiger partial charge in [-0.3, -0.25) is 10.1 Å². The van der Waals surface area contributed by atoms with Gasteiger partial charge in [-0.1, -0.05) is 13.8 Å². The predicted octanol–water partition coefficient (Wildman–Crippen LogP) is 1.64. The van der Waals surface area contributed by atoms with Gasteiger partial charge in [0.15, 0.2) is 0 Å². The number of anilines is 2. The van der Waals surface area contributed by atoms with Gasteiger partial charge >= 0.3 is 6.03 Å². The molecule has 2 fully saturated rings. The number of hydrogen-bond donors (Lipinski definition) is 1. The maximum Gasteiger partial charge on any atom is 0.323 e. The third-order valence-corrected chi connectivity index (χ3v) is 4.95. The summed E-state index contributed by atoms with van der Waals surface area (Å²) in [5.74, 6) is 0.675. The van der Waals surface area contributed by atoms with Crippen molar-refractivity contribution in [2.75, 3.05) is 62.7 Å². The Hall–Kier alpha value is -2.35. The van der Waals surface area contributed by atoms with E-state index in [1.165, 1.54) is 0 Å². The van der Waals surface area contributed by atoms with Crippen LogP contribution >= 0.6 is 0 Å². The van der Waals surface area contributed by atoms with Gasteiger partial charge < -0.3 is 19.4 Å². The number of hydrogen-bond acceptors (Lipinski definition) is 5. The van der Waals surface area contributed by atoms with Crippen LogP contribution in [0.2, 0.25) is 0 Å². The maximum absolute atomic E-state index is 12.6. The van der Waals surface area contributed by atoms with E-state index in [1.54, 1.807) is 11.1 Å². The zero-order chi connectivity index (χ0) is 19.2. The molecule has 1 aromatic rings. The quantitative estimate of drug-likeness (QED) is 0.869. The van der Waals surface area contributed by atoms with Crippen molar-refractivity contribution < 1.29 is 14.3 Å². The van der Waals surface area contributed by atoms with Crippen LogP contribution in [0, 0.1) is 5.92 Å². The molecule has 2 aliphatic heterocycles. The molecule has 0 atom stereocenters. The first kappa shape index (κ1) is 19.4. The van der Waals surface area contributed by atoms with E-state index in [4.69, 9.17) is 4.74 Å². The summed E-state index contributed by atoms with van der Waals surface area (Å²) in [6.07, 6.45) is 2.57. The van der Waals surface area contributed by atoms with Crippen LogP contribution in [0.4, 0.5) is 16.3 Å². The van der Waals surface area contributed by atoms with Gasteiger partial charge in [-0.15, -0.1) is 0 Å². The molecular formula is C19H29N5O3. The van der Waals surface area contributed by atoms with Crippen molar-refractivity contribution in [3.05, 3.63) is 18.3 Å². The molecule has 27 heavy (non-hydrogen) atoms. The van der Waals surface area contributed by atoms with Crippen LogP contribution in [-0.4, -0.2) is 79.2 Å². The number of rotatable bonds is 3. The molecule has 3 heterocycles. The van der Waals surface area contributed by atoms with E-state index >= 15 is 0 Å². The summed E-state index contributed by atoms with van der Waals surface area (Å²) in [5.41, 5.74) is 1.04. The lowest BCUT2D eigenvalue weighted by Crippen LogP contribution is -2.40. The molecule has 8 nitrogen and oxygen atoms in total. The number of aromatic nitrogens is 1. The fourth-order valence-corrected chi connectivity index (χ4v) is 3.36. The molecule has 0 aromatic carbocycles. The third kappa shape index (κ3) is 5.09. The van der Waals surface area contributed by atoms with Crippen molar-refractivity contribution in [1.82, 2.24) is 14.8 Å². The van der Waals surface area contributed by atoms with Crippen LogP contribution in [-0.2, 0) is 9.53 Å². The first-order valence-corrected chi connectivity index (χ1v) is 9.68. The number of carbonyl (C=O) groups is 2. The molecule has 1 aromatic heterocycles. The minimum Gasteiger partial charge on any atom is -0.378 e. The van der Waals surface area contributed by atoms with Crippen LogP contribution < -0.4 is 10.2 Å². The van der Waals surface area contributed by atoms with Crippen molar-refractivity contribution in [3.63, 3.8) is 0 Å². The molecule has 0 bridgehead atoms. The summed E-state index contributed by atoms with van der Waals surface area (Å²) in [6, 6.07) is 3.63. The summed E-state index contributed by atoms with van der Waals surface area (Å²) < 4.78 is 5.36. The molecule has 0 saturated carbocycles. The summed E-state index contributed by atoms with van der Waals surface area (Å²) >= 11 is 0. The highest BCUT2D eigenvalue weighted by Crippen LogP contribution is 2.17. The second kappa shape index (κ2) is 9.03. The standard InChI is InChI=1S/C19H29N5O3/c1-15(2)18(25)23-6-3-7-24(9-8-23)19(26)21-17-5-4-16(14-20-17)22-10-12-27-13-11-22/h4-5,14-15H,3,6-13H2,1-2H3,(H,20,21,26). The fourth-order valence-electron chi connectivity index (χ4n) is 3.36. The normalized spacial score (nSPS) is 18.4. The number of amides is 3. The number of nitrogens with zero attached hydrogens (tertiary/aromatic N) is 4. The number of carbonyl (C=O) groups excluding carboxylic acids is 2. The van der Waals surface area contributed by atoms with Gasteiger partial charge in [0.1, 0.15) is 5.82 Å². The molecule has 3 rings (SSSR count). The molecule has 0 radical (unpaired) electrons. The van der Waals surface area contributed by atoms with Crippen molar-refractivity contribution in [1.29, 1.82) is 0 Å². The largest absolute Gasteiger partial charge is 0.378 e. The number of pyridine rings is 1. The van der Waals surface area contributed by atoms with E-state index < -0.39 is 0 Å². The molecule has 0 spiro atoms. The Bertz CT molecular complexity index is 643. The first-order chi connectivity index (χ1) is 13.0. The lowest BCUT2D eigenvalue weighted by molar-refractivity contribution is -0.134. The average molecular weight is 375 g/mol. The number of ether oxygens (including phenoxy) is 1. The smallest absolute Gasteiger partial charge is 0.323 e. The minimum absolute atomic E-state index is 0.0143. The Morgan fingerprint density at radius 2 is 1.74 bits per heavy atom. The highest BCUT2D eigenvalue weighted by molar-refractivity contribution is 5.88. The predicted molar refractivity (Wildman–Crippen MR) is 104 cm³/mol. The fraction of sp³-hybridized carbons (Fsp3) is 0.632. The molecule has 0 aliphatic carbocycles. The number of urea groups is 1. The summed E-state index contributed by atoms with van der Waals surface area (Å²) in [5, 5.41) is 2.87. The van der Waals surface area contributed by atoms with Crippen molar-refractivity contribution in [2.24, 2.45) is 5.92 Å². The molecule has 148 valence electrons. The molecule has 3 amide bonds. The monoisotopic (exact) mass is 375 g/mol. The molecule has 2 saturated heterocycles. The highest BCUT2D eigenvalue weighted by atomic mass is 16.5. The third-order valence-electron chi connectivity index (χ3n) is 4.95. The Morgan fingerprint density at radius 1 is 1.04 bits per heavy atom. The second-order valence-corrected chi connectivity index (χ2v) is 7.25. The van der Waals surface area contributed by atoms with Crippen LogP contribution in [0.25, 0.3) is 0 Å². The van der Waals surface area contributed by atoms with Gasteiger partial charge in [-0.25, -0.2) is 9.78 Å². The van der Waals surface area contributed by atoms with E-state index in [0.29, 0.717) is 32.0 Å². The Labute approximate surface area is 160 Å². The van der Waals surface area contributed by atoms with Crippen LogP contribution in [0.3, 0.4) is 0 Å². The van der Waals surface area contributed by atoms with Gasteiger partial charge in [0.2, 0.25) is 5.91 Å². The van der Waals surface area contributed by atoms with Gasteiger partial charge in [-0.2, -0.15) is 0 Å². The summed E-state index contributed by atoms with van der Waals surface area (Å²) in [6.45, 7) is 9.43. The van der Waals surface area contributed by atoms with Crippen molar-refractivity contribution in [3.8, 4) is 0 Å². The van der Waals surface area contributed by atoms with Gasteiger partial charge in [0.05, 0.1) is 25.1 Å². The van der Waals surface area contributed by atoms with Crippen LogP contribution in [0.1, 0.15) is 20.3 Å². The van der Waals surface area contributed by atoms with Crippen molar-refractivity contribution in [2.45, 2.75) is 20.3 Å². The molecule has 2 aliphatic rings. The zero-order valence-corrected chi connectivity index (χ0v) is 16.2. The lowest BCUT2D eigenvalue weighted by Gasteiger charge is -2.28. The minimum atomic E-state index is -0.166. The SMILES string of the molecule is CC(C)C(=O)N1CCCN(C(=O)Nc2ccc(N3CCOCC3)cn2)CC1. The average Bonchev–Trinajstić information content (AvgIpc) is 2.95. The van der Waals surface area contributed by atoms with Crippen LogP contribution in [0.5, 0.6) is 0 Å². The highest BCUT2D eigenvalue weighted by Gasteiger charge is 2.23. The lowest BCUT2D eigenvalue weighted by atomic mass is 10.2. The van der Waals surface area contributed by atoms with Gasteiger partial charge in [0.25, 0.3) is 0 Å².